The lowest BCUT2D eigenvalue weighted by molar-refractivity contribution is 0.543. The molecule has 1 aromatic rings. The molecule has 0 amide bonds. The third kappa shape index (κ3) is 2.20. The Balaban J connectivity index is 2.50. The lowest BCUT2D eigenvalue weighted by Crippen LogP contribution is -2.31. The second-order valence-corrected chi connectivity index (χ2v) is 5.24. The molecule has 1 heterocycles. The van der Waals surface area contributed by atoms with Crippen molar-refractivity contribution in [2.75, 3.05) is 6.54 Å². The van der Waals surface area contributed by atoms with Crippen LogP contribution < -0.4 is 0 Å². The van der Waals surface area contributed by atoms with E-state index in [2.05, 4.69) is 15.0 Å². The van der Waals surface area contributed by atoms with Crippen LogP contribution in [0.25, 0.3) is 10.4 Å². The summed E-state index contributed by atoms with van der Waals surface area (Å²) < 4.78 is 25.7. The van der Waals surface area contributed by atoms with Crippen LogP contribution in [0.3, 0.4) is 0 Å². The van der Waals surface area contributed by atoms with Gasteiger partial charge in [0.1, 0.15) is 6.34 Å². The molecule has 0 atom stereocenters. The van der Waals surface area contributed by atoms with Gasteiger partial charge in [-0.3, -0.25) is 4.31 Å². The molecule has 18 heavy (non-hydrogen) atoms. The topological polar surface area (TPSA) is 98.5 Å². The Morgan fingerprint density at radius 3 is 2.83 bits per heavy atom. The SMILES string of the molecule is [N-]=[N+]=Nc1ccccc1S(=O)(=O)N1C=NC=CC1. The van der Waals surface area contributed by atoms with E-state index in [0.717, 1.165) is 4.31 Å². The maximum Gasteiger partial charge on any atom is 0.265 e. The molecule has 0 N–H and O–H groups in total. The Kier molecular flexibility index (Phi) is 3.31. The summed E-state index contributed by atoms with van der Waals surface area (Å²) in [5.74, 6) is 0. The van der Waals surface area contributed by atoms with Gasteiger partial charge in [0.15, 0.2) is 0 Å². The van der Waals surface area contributed by atoms with Gasteiger partial charge in [-0.2, -0.15) is 0 Å². The molecule has 7 nitrogen and oxygen atoms in total. The first-order valence-corrected chi connectivity index (χ1v) is 6.44. The van der Waals surface area contributed by atoms with Gasteiger partial charge in [0.25, 0.3) is 10.0 Å². The standard InChI is InChI=1S/C10H9N5O2S/c11-14-13-9-4-1-2-5-10(9)18(16,17)15-7-3-6-12-8-15/h1-6,8H,7H2. The second kappa shape index (κ2) is 4.91. The molecule has 0 bridgehead atoms. The van der Waals surface area contributed by atoms with E-state index in [4.69, 9.17) is 5.53 Å². The molecule has 0 unspecified atom stereocenters. The summed E-state index contributed by atoms with van der Waals surface area (Å²) in [6.07, 6.45) is 4.36. The number of nitrogens with zero attached hydrogens (tertiary/aromatic N) is 5. The highest BCUT2D eigenvalue weighted by atomic mass is 32.2. The molecule has 0 saturated carbocycles. The molecule has 0 aromatic heterocycles. The average Bonchev–Trinajstić information content (AvgIpc) is 2.41. The zero-order valence-electron chi connectivity index (χ0n) is 9.21. The van der Waals surface area contributed by atoms with Crippen LogP contribution in [-0.4, -0.2) is 25.6 Å². The van der Waals surface area contributed by atoms with Gasteiger partial charge >= 0.3 is 0 Å². The van der Waals surface area contributed by atoms with Crippen LogP contribution in [0.2, 0.25) is 0 Å². The van der Waals surface area contributed by atoms with Crippen molar-refractivity contribution >= 4 is 22.0 Å². The van der Waals surface area contributed by atoms with E-state index in [9.17, 15) is 8.42 Å². The number of rotatable bonds is 3. The van der Waals surface area contributed by atoms with Crippen molar-refractivity contribution in [3.8, 4) is 0 Å². The van der Waals surface area contributed by atoms with E-state index in [0.29, 0.717) is 0 Å². The summed E-state index contributed by atoms with van der Waals surface area (Å²) in [6.45, 7) is 0.205. The zero-order valence-corrected chi connectivity index (χ0v) is 10.0. The Hall–Kier alpha value is -2.31. The van der Waals surface area contributed by atoms with Gasteiger partial charge in [0, 0.05) is 11.1 Å². The summed E-state index contributed by atoms with van der Waals surface area (Å²) in [4.78, 5) is 6.35. The van der Waals surface area contributed by atoms with E-state index >= 15 is 0 Å². The van der Waals surface area contributed by atoms with Gasteiger partial charge < -0.3 is 0 Å². The normalized spacial score (nSPS) is 14.3. The van der Waals surface area contributed by atoms with Crippen LogP contribution in [0.5, 0.6) is 0 Å². The smallest absolute Gasteiger partial charge is 0.252 e. The summed E-state index contributed by atoms with van der Waals surface area (Å²) >= 11 is 0. The Bertz CT molecular complexity index is 659. The molecule has 1 aliphatic rings. The molecule has 8 heteroatoms. The van der Waals surface area contributed by atoms with Crippen molar-refractivity contribution in [2.24, 2.45) is 10.1 Å². The number of aliphatic imine (C=N–C) groups is 1. The van der Waals surface area contributed by atoms with Gasteiger partial charge in [0.2, 0.25) is 0 Å². The van der Waals surface area contributed by atoms with Crippen LogP contribution in [0.15, 0.2) is 51.5 Å². The highest BCUT2D eigenvalue weighted by Crippen LogP contribution is 2.26. The van der Waals surface area contributed by atoms with E-state index in [1.54, 1.807) is 18.2 Å². The van der Waals surface area contributed by atoms with Gasteiger partial charge in [-0.1, -0.05) is 23.3 Å². The average molecular weight is 263 g/mol. The van der Waals surface area contributed by atoms with Crippen LogP contribution in [0.1, 0.15) is 0 Å². The molecular weight excluding hydrogens is 254 g/mol. The number of hydrogen-bond donors (Lipinski definition) is 0. The minimum atomic E-state index is -3.75. The molecule has 0 spiro atoms. The third-order valence-electron chi connectivity index (χ3n) is 2.28. The predicted molar refractivity (Wildman–Crippen MR) is 66.8 cm³/mol. The number of hydrogen-bond acceptors (Lipinski definition) is 4. The van der Waals surface area contributed by atoms with Gasteiger partial charge in [-0.25, -0.2) is 13.4 Å². The van der Waals surface area contributed by atoms with Crippen molar-refractivity contribution in [3.05, 3.63) is 47.0 Å². The van der Waals surface area contributed by atoms with E-state index in [1.807, 2.05) is 0 Å². The molecule has 92 valence electrons. The minimum Gasteiger partial charge on any atom is -0.252 e. The van der Waals surface area contributed by atoms with E-state index in [1.165, 1.54) is 24.7 Å². The molecule has 1 aromatic carbocycles. The van der Waals surface area contributed by atoms with Gasteiger partial charge in [-0.15, -0.1) is 0 Å². The predicted octanol–water partition coefficient (Wildman–Crippen LogP) is 2.17. The van der Waals surface area contributed by atoms with Crippen molar-refractivity contribution in [3.63, 3.8) is 0 Å². The van der Waals surface area contributed by atoms with Crippen molar-refractivity contribution < 1.29 is 8.42 Å². The van der Waals surface area contributed by atoms with Crippen molar-refractivity contribution in [2.45, 2.75) is 4.90 Å². The largest absolute Gasteiger partial charge is 0.265 e. The fourth-order valence-corrected chi connectivity index (χ4v) is 2.80. The van der Waals surface area contributed by atoms with Crippen molar-refractivity contribution in [1.29, 1.82) is 0 Å². The van der Waals surface area contributed by atoms with E-state index in [-0.39, 0.29) is 17.1 Å². The first kappa shape index (κ1) is 12.2. The first-order chi connectivity index (χ1) is 8.66. The summed E-state index contributed by atoms with van der Waals surface area (Å²) in [6, 6.07) is 6.02. The Labute approximate surface area is 104 Å². The Morgan fingerprint density at radius 1 is 1.39 bits per heavy atom. The highest BCUT2D eigenvalue weighted by Gasteiger charge is 2.24. The van der Waals surface area contributed by atoms with Gasteiger partial charge in [-0.05, 0) is 17.7 Å². The van der Waals surface area contributed by atoms with Crippen LogP contribution in [0.4, 0.5) is 5.69 Å². The molecule has 0 saturated heterocycles. The summed E-state index contributed by atoms with van der Waals surface area (Å²) in [5, 5.41) is 3.38. The Morgan fingerprint density at radius 2 is 2.17 bits per heavy atom. The summed E-state index contributed by atoms with van der Waals surface area (Å²) in [5.41, 5.74) is 8.50. The number of sulfonamides is 1. The lowest BCUT2D eigenvalue weighted by Gasteiger charge is -2.20. The lowest BCUT2D eigenvalue weighted by atomic mass is 10.3. The van der Waals surface area contributed by atoms with E-state index < -0.39 is 10.0 Å². The fourth-order valence-electron chi connectivity index (χ4n) is 1.46. The molecular formula is C10H9N5O2S. The van der Waals surface area contributed by atoms with Crippen LogP contribution in [0, 0.1) is 0 Å². The van der Waals surface area contributed by atoms with Crippen molar-refractivity contribution in [1.82, 2.24) is 4.31 Å². The molecule has 2 rings (SSSR count). The first-order valence-electron chi connectivity index (χ1n) is 5.00. The zero-order chi connectivity index (χ0) is 13.0. The number of azide groups is 1. The number of benzene rings is 1. The van der Waals surface area contributed by atoms with Crippen LogP contribution >= 0.6 is 0 Å². The molecule has 0 fully saturated rings. The molecule has 0 radical (unpaired) electrons. The molecule has 0 aliphatic carbocycles. The van der Waals surface area contributed by atoms with Gasteiger partial charge in [0.05, 0.1) is 17.1 Å². The second-order valence-electron chi connectivity index (χ2n) is 3.38. The third-order valence-corrected chi connectivity index (χ3v) is 4.04. The maximum atomic E-state index is 12.3. The van der Waals surface area contributed by atoms with Crippen LogP contribution in [-0.2, 0) is 10.0 Å². The fraction of sp³-hybridized carbons (Fsp3) is 0.100. The summed E-state index contributed by atoms with van der Waals surface area (Å²) in [7, 11) is -3.75. The minimum absolute atomic E-state index is 0.0375. The maximum absolute atomic E-state index is 12.3. The monoisotopic (exact) mass is 263 g/mol. The highest BCUT2D eigenvalue weighted by molar-refractivity contribution is 7.89. The quantitative estimate of drug-likeness (QED) is 0.474. The molecule has 1 aliphatic heterocycles.